The predicted molar refractivity (Wildman–Crippen MR) is 102 cm³/mol. The second kappa shape index (κ2) is 8.82. The van der Waals surface area contributed by atoms with Gasteiger partial charge >= 0.3 is 0 Å². The first kappa shape index (κ1) is 19.9. The quantitative estimate of drug-likeness (QED) is 0.692. The number of ether oxygens (including phenoxy) is 1. The van der Waals surface area contributed by atoms with Crippen molar-refractivity contribution in [1.82, 2.24) is 0 Å². The minimum Gasteiger partial charge on any atom is -0.495 e. The van der Waals surface area contributed by atoms with E-state index in [1.165, 1.54) is 36.4 Å². The molecule has 2 aromatic rings. The van der Waals surface area contributed by atoms with E-state index in [2.05, 4.69) is 29.6 Å². The Labute approximate surface area is 154 Å². The van der Waals surface area contributed by atoms with Gasteiger partial charge in [0.1, 0.15) is 5.75 Å². The molecule has 0 unspecified atom stereocenters. The van der Waals surface area contributed by atoms with E-state index in [1.807, 2.05) is 6.92 Å². The van der Waals surface area contributed by atoms with Gasteiger partial charge in [-0.3, -0.25) is 4.79 Å². The Bertz CT molecular complexity index is 862. The van der Waals surface area contributed by atoms with Gasteiger partial charge in [-0.1, -0.05) is 29.8 Å². The van der Waals surface area contributed by atoms with Crippen molar-refractivity contribution < 1.29 is 17.9 Å². The molecule has 1 amide bonds. The van der Waals surface area contributed by atoms with Crippen molar-refractivity contribution in [2.24, 2.45) is 5.14 Å². The van der Waals surface area contributed by atoms with E-state index in [0.717, 1.165) is 19.3 Å². The van der Waals surface area contributed by atoms with Gasteiger partial charge in [0.25, 0.3) is 0 Å². The molecule has 0 aromatic heterocycles. The zero-order chi connectivity index (χ0) is 19.2. The third-order valence-electron chi connectivity index (χ3n) is 4.01. The van der Waals surface area contributed by atoms with E-state index >= 15 is 0 Å². The minimum absolute atomic E-state index is 0.0760. The molecule has 0 saturated heterocycles. The number of hydrogen-bond acceptors (Lipinski definition) is 4. The van der Waals surface area contributed by atoms with Crippen LogP contribution in [0.1, 0.15) is 30.4 Å². The van der Waals surface area contributed by atoms with Crippen LogP contribution in [0.25, 0.3) is 0 Å². The van der Waals surface area contributed by atoms with E-state index in [1.54, 1.807) is 0 Å². The van der Waals surface area contributed by atoms with Gasteiger partial charge < -0.3 is 10.1 Å². The molecule has 2 aromatic carbocycles. The number of methoxy groups -OCH3 is 1. The zero-order valence-electron chi connectivity index (χ0n) is 15.0. The highest BCUT2D eigenvalue weighted by Gasteiger charge is 2.14. The summed E-state index contributed by atoms with van der Waals surface area (Å²) in [6.07, 6.45) is 2.88. The third kappa shape index (κ3) is 5.86. The first-order valence-corrected chi connectivity index (χ1v) is 9.90. The number of nitrogens with two attached hydrogens (primary N) is 1. The van der Waals surface area contributed by atoms with Crippen LogP contribution in [0.2, 0.25) is 0 Å². The molecule has 0 radical (unpaired) electrons. The molecule has 6 nitrogen and oxygen atoms in total. The van der Waals surface area contributed by atoms with Gasteiger partial charge in [-0.25, -0.2) is 13.6 Å². The number of aryl methyl sites for hydroxylation is 2. The molecule has 3 N–H and O–H groups in total. The van der Waals surface area contributed by atoms with Crippen molar-refractivity contribution in [3.8, 4) is 5.75 Å². The first-order valence-electron chi connectivity index (χ1n) is 8.36. The van der Waals surface area contributed by atoms with Gasteiger partial charge in [0.05, 0.1) is 17.7 Å². The lowest BCUT2D eigenvalue weighted by Gasteiger charge is -2.11. The summed E-state index contributed by atoms with van der Waals surface area (Å²) in [6, 6.07) is 12.5. The second-order valence-electron chi connectivity index (χ2n) is 6.15. The van der Waals surface area contributed by atoms with E-state index < -0.39 is 10.0 Å². The summed E-state index contributed by atoms with van der Waals surface area (Å²) >= 11 is 0. The Morgan fingerprint density at radius 1 is 1.12 bits per heavy atom. The zero-order valence-corrected chi connectivity index (χ0v) is 15.8. The van der Waals surface area contributed by atoms with Crippen LogP contribution in [0, 0.1) is 6.92 Å². The number of sulfonamides is 1. The van der Waals surface area contributed by atoms with Gasteiger partial charge in [-0.15, -0.1) is 0 Å². The lowest BCUT2D eigenvalue weighted by atomic mass is 10.1. The van der Waals surface area contributed by atoms with Gasteiger partial charge in [0, 0.05) is 6.42 Å². The Balaban J connectivity index is 1.89. The van der Waals surface area contributed by atoms with Crippen LogP contribution in [0.5, 0.6) is 5.75 Å². The third-order valence-corrected chi connectivity index (χ3v) is 4.92. The van der Waals surface area contributed by atoms with Crippen molar-refractivity contribution in [3.05, 3.63) is 53.6 Å². The highest BCUT2D eigenvalue weighted by atomic mass is 32.2. The molecule has 0 spiro atoms. The van der Waals surface area contributed by atoms with E-state index in [4.69, 9.17) is 9.88 Å². The van der Waals surface area contributed by atoms with Crippen LogP contribution < -0.4 is 15.2 Å². The van der Waals surface area contributed by atoms with E-state index in [-0.39, 0.29) is 10.8 Å². The monoisotopic (exact) mass is 376 g/mol. The number of benzene rings is 2. The van der Waals surface area contributed by atoms with Crippen LogP contribution in [-0.4, -0.2) is 21.4 Å². The summed E-state index contributed by atoms with van der Waals surface area (Å²) in [7, 11) is -2.40. The largest absolute Gasteiger partial charge is 0.495 e. The topological polar surface area (TPSA) is 98.5 Å². The number of primary sulfonamides is 1. The normalized spacial score (nSPS) is 11.2. The molecule has 0 fully saturated rings. The Hall–Kier alpha value is -2.38. The highest BCUT2D eigenvalue weighted by Crippen LogP contribution is 2.27. The maximum atomic E-state index is 12.2. The van der Waals surface area contributed by atoms with Crippen LogP contribution in [0.15, 0.2) is 47.4 Å². The SMILES string of the molecule is COc1ccc(S(N)(=O)=O)cc1NC(=O)CCCCc1ccc(C)cc1. The van der Waals surface area contributed by atoms with Crippen molar-refractivity contribution >= 4 is 21.6 Å². The van der Waals surface area contributed by atoms with Crippen LogP contribution in [-0.2, 0) is 21.2 Å². The average molecular weight is 376 g/mol. The maximum absolute atomic E-state index is 12.2. The lowest BCUT2D eigenvalue weighted by Crippen LogP contribution is -2.15. The summed E-state index contributed by atoms with van der Waals surface area (Å²) in [6.45, 7) is 2.05. The number of amides is 1. The molecular weight excluding hydrogens is 352 g/mol. The number of carbonyl (C=O) groups is 1. The summed E-state index contributed by atoms with van der Waals surface area (Å²) in [4.78, 5) is 12.1. The molecule has 140 valence electrons. The van der Waals surface area contributed by atoms with Gasteiger partial charge in [-0.05, 0) is 49.9 Å². The number of carbonyl (C=O) groups excluding carboxylic acids is 1. The first-order chi connectivity index (χ1) is 12.3. The van der Waals surface area contributed by atoms with Crippen molar-refractivity contribution in [2.45, 2.75) is 37.5 Å². The molecular formula is C19H24N2O4S. The van der Waals surface area contributed by atoms with Crippen molar-refractivity contribution in [1.29, 1.82) is 0 Å². The summed E-state index contributed by atoms with van der Waals surface area (Å²) in [5.41, 5.74) is 2.77. The smallest absolute Gasteiger partial charge is 0.238 e. The minimum atomic E-state index is -3.85. The van der Waals surface area contributed by atoms with Crippen molar-refractivity contribution in [2.75, 3.05) is 12.4 Å². The molecule has 0 atom stereocenters. The molecule has 26 heavy (non-hydrogen) atoms. The fraction of sp³-hybridized carbons (Fsp3) is 0.316. The molecule has 0 aliphatic rings. The molecule has 0 bridgehead atoms. The Morgan fingerprint density at radius 2 is 1.81 bits per heavy atom. The number of nitrogens with one attached hydrogen (secondary N) is 1. The van der Waals surface area contributed by atoms with Crippen LogP contribution in [0.4, 0.5) is 5.69 Å². The summed E-state index contributed by atoms with van der Waals surface area (Å²) in [5, 5.41) is 7.83. The average Bonchev–Trinajstić information content (AvgIpc) is 2.59. The second-order valence-corrected chi connectivity index (χ2v) is 7.71. The molecule has 0 saturated carbocycles. The molecule has 2 rings (SSSR count). The number of hydrogen-bond donors (Lipinski definition) is 2. The number of anilines is 1. The van der Waals surface area contributed by atoms with Crippen molar-refractivity contribution in [3.63, 3.8) is 0 Å². The molecule has 7 heteroatoms. The fourth-order valence-electron chi connectivity index (χ4n) is 2.54. The summed E-state index contributed by atoms with van der Waals surface area (Å²) in [5.74, 6) is 0.184. The highest BCUT2D eigenvalue weighted by molar-refractivity contribution is 7.89. The molecule has 0 aliphatic carbocycles. The van der Waals surface area contributed by atoms with E-state index in [9.17, 15) is 13.2 Å². The van der Waals surface area contributed by atoms with Gasteiger partial charge in [0.2, 0.25) is 15.9 Å². The van der Waals surface area contributed by atoms with Gasteiger partial charge in [-0.2, -0.15) is 0 Å². The van der Waals surface area contributed by atoms with Crippen LogP contribution >= 0.6 is 0 Å². The Morgan fingerprint density at radius 3 is 2.42 bits per heavy atom. The number of unbranched alkanes of at least 4 members (excludes halogenated alkanes) is 1. The molecule has 0 heterocycles. The van der Waals surface area contributed by atoms with Crippen LogP contribution in [0.3, 0.4) is 0 Å². The van der Waals surface area contributed by atoms with Gasteiger partial charge in [0.15, 0.2) is 0 Å². The van der Waals surface area contributed by atoms with E-state index in [0.29, 0.717) is 17.9 Å². The number of rotatable bonds is 8. The lowest BCUT2D eigenvalue weighted by molar-refractivity contribution is -0.116. The predicted octanol–water partition coefficient (Wildman–Crippen LogP) is 3.00. The Kier molecular flexibility index (Phi) is 6.76. The molecule has 0 aliphatic heterocycles. The fourth-order valence-corrected chi connectivity index (χ4v) is 3.08. The summed E-state index contributed by atoms with van der Waals surface area (Å²) < 4.78 is 28.1. The standard InChI is InChI=1S/C19H24N2O4S/c1-14-7-9-15(10-8-14)5-3-4-6-19(22)21-17-13-16(26(20,23)24)11-12-18(17)25-2/h7-13H,3-6H2,1-2H3,(H,21,22)(H2,20,23,24). The maximum Gasteiger partial charge on any atom is 0.238 e.